The highest BCUT2D eigenvalue weighted by atomic mass is 79.9. The van der Waals surface area contributed by atoms with Gasteiger partial charge < -0.3 is 10.2 Å². The number of carbonyl (C=O) groups excluding carboxylic acids is 2. The maximum absolute atomic E-state index is 14.5. The van der Waals surface area contributed by atoms with Crippen molar-refractivity contribution in [3.63, 3.8) is 0 Å². The van der Waals surface area contributed by atoms with Crippen molar-refractivity contribution >= 4 is 43.5 Å². The Morgan fingerprint density at radius 2 is 1.36 bits per heavy atom. The number of benzene rings is 4. The standard InChI is InChI=1S/C36H40BrN3O4S/c1-4-28-17-21-32(22-18-28)40(45(43,44)33-13-9-6-10-14-33)26-35(41)39(25-30-15-19-31(37)20-16-30)34(36(42)38-24-27(2)3)23-29-11-7-5-8-12-29/h5-22,27,34H,4,23-26H2,1-3H3,(H,38,42)/t34-/m0/s1. The topological polar surface area (TPSA) is 86.8 Å². The van der Waals surface area contributed by atoms with Crippen LogP contribution in [0.15, 0.2) is 119 Å². The Balaban J connectivity index is 1.78. The molecule has 0 unspecified atom stereocenters. The first-order chi connectivity index (χ1) is 21.6. The molecule has 0 aliphatic heterocycles. The SMILES string of the molecule is CCc1ccc(N(CC(=O)N(Cc2ccc(Br)cc2)[C@@H](Cc2ccccc2)C(=O)NCC(C)C)S(=O)(=O)c2ccccc2)cc1. The van der Waals surface area contributed by atoms with Crippen LogP contribution in [0.5, 0.6) is 0 Å². The van der Waals surface area contributed by atoms with Gasteiger partial charge in [-0.25, -0.2) is 8.42 Å². The molecule has 0 aliphatic carbocycles. The quantitative estimate of drug-likeness (QED) is 0.161. The van der Waals surface area contributed by atoms with Crippen molar-refractivity contribution in [3.05, 3.63) is 130 Å². The minimum atomic E-state index is -4.13. The highest BCUT2D eigenvalue weighted by Gasteiger charge is 2.34. The van der Waals surface area contributed by atoms with Gasteiger partial charge in [-0.1, -0.05) is 109 Å². The number of aryl methyl sites for hydroxylation is 1. The molecule has 0 heterocycles. The van der Waals surface area contributed by atoms with Crippen molar-refractivity contribution in [1.82, 2.24) is 10.2 Å². The molecule has 45 heavy (non-hydrogen) atoms. The lowest BCUT2D eigenvalue weighted by molar-refractivity contribution is -0.140. The van der Waals surface area contributed by atoms with Crippen LogP contribution >= 0.6 is 15.9 Å². The van der Waals surface area contributed by atoms with Crippen LogP contribution in [0.1, 0.15) is 37.5 Å². The second-order valence-corrected chi connectivity index (χ2v) is 14.1. The predicted molar refractivity (Wildman–Crippen MR) is 183 cm³/mol. The summed E-state index contributed by atoms with van der Waals surface area (Å²) in [7, 11) is -4.13. The van der Waals surface area contributed by atoms with Crippen LogP contribution in [0, 0.1) is 5.92 Å². The molecule has 0 spiro atoms. The van der Waals surface area contributed by atoms with Crippen LogP contribution in [0.2, 0.25) is 0 Å². The average Bonchev–Trinajstić information content (AvgIpc) is 3.05. The first kappa shape index (κ1) is 33.9. The van der Waals surface area contributed by atoms with Gasteiger partial charge in [-0.05, 0) is 65.4 Å². The molecule has 0 fully saturated rings. The minimum Gasteiger partial charge on any atom is -0.354 e. The van der Waals surface area contributed by atoms with Crippen molar-refractivity contribution < 1.29 is 18.0 Å². The normalized spacial score (nSPS) is 12.0. The average molecular weight is 691 g/mol. The van der Waals surface area contributed by atoms with Gasteiger partial charge in [0.1, 0.15) is 12.6 Å². The van der Waals surface area contributed by atoms with E-state index in [1.165, 1.54) is 17.0 Å². The van der Waals surface area contributed by atoms with E-state index in [0.717, 1.165) is 31.9 Å². The number of sulfonamides is 1. The Morgan fingerprint density at radius 1 is 0.778 bits per heavy atom. The molecule has 0 aliphatic rings. The van der Waals surface area contributed by atoms with Gasteiger partial charge in [-0.3, -0.25) is 13.9 Å². The summed E-state index contributed by atoms with van der Waals surface area (Å²) >= 11 is 3.47. The fraction of sp³-hybridized carbons (Fsp3) is 0.278. The number of amides is 2. The molecule has 1 N–H and O–H groups in total. The molecule has 1 atom stereocenters. The summed E-state index contributed by atoms with van der Waals surface area (Å²) in [6, 6.07) is 31.5. The number of hydrogen-bond donors (Lipinski definition) is 1. The number of nitrogens with one attached hydrogen (secondary N) is 1. The molecule has 0 radical (unpaired) electrons. The van der Waals surface area contributed by atoms with Crippen molar-refractivity contribution in [2.75, 3.05) is 17.4 Å². The summed E-state index contributed by atoms with van der Waals surface area (Å²) in [4.78, 5) is 29.9. The number of anilines is 1. The van der Waals surface area contributed by atoms with Gasteiger partial charge in [0.2, 0.25) is 11.8 Å². The largest absolute Gasteiger partial charge is 0.354 e. The van der Waals surface area contributed by atoms with Crippen LogP contribution in [-0.4, -0.2) is 44.3 Å². The van der Waals surface area contributed by atoms with Crippen molar-refractivity contribution in [2.24, 2.45) is 5.92 Å². The predicted octanol–water partition coefficient (Wildman–Crippen LogP) is 6.62. The summed E-state index contributed by atoms with van der Waals surface area (Å²) in [5, 5.41) is 3.01. The monoisotopic (exact) mass is 689 g/mol. The zero-order chi connectivity index (χ0) is 32.4. The molecule has 0 saturated carbocycles. The van der Waals surface area contributed by atoms with Gasteiger partial charge in [-0.15, -0.1) is 0 Å². The first-order valence-electron chi connectivity index (χ1n) is 15.1. The lowest BCUT2D eigenvalue weighted by Crippen LogP contribution is -2.53. The van der Waals surface area contributed by atoms with Crippen molar-refractivity contribution in [1.29, 1.82) is 0 Å². The highest BCUT2D eigenvalue weighted by Crippen LogP contribution is 2.26. The summed E-state index contributed by atoms with van der Waals surface area (Å²) in [5.74, 6) is -0.569. The number of rotatable bonds is 14. The highest BCUT2D eigenvalue weighted by molar-refractivity contribution is 9.10. The van der Waals surface area contributed by atoms with Gasteiger partial charge in [-0.2, -0.15) is 0 Å². The van der Waals surface area contributed by atoms with Crippen LogP contribution in [0.3, 0.4) is 0 Å². The third-order valence-electron chi connectivity index (χ3n) is 7.46. The van der Waals surface area contributed by atoms with E-state index in [0.29, 0.717) is 12.2 Å². The summed E-state index contributed by atoms with van der Waals surface area (Å²) in [6.07, 6.45) is 1.06. The molecule has 4 aromatic carbocycles. The van der Waals surface area contributed by atoms with Crippen LogP contribution in [0.25, 0.3) is 0 Å². The zero-order valence-corrected chi connectivity index (χ0v) is 28.3. The molecule has 4 aromatic rings. The summed E-state index contributed by atoms with van der Waals surface area (Å²) in [5.41, 5.74) is 3.12. The third-order valence-corrected chi connectivity index (χ3v) is 9.78. The molecule has 0 saturated heterocycles. The van der Waals surface area contributed by atoms with E-state index >= 15 is 0 Å². The van der Waals surface area contributed by atoms with E-state index in [9.17, 15) is 18.0 Å². The molecule has 0 bridgehead atoms. The number of halogens is 1. The van der Waals surface area contributed by atoms with Gasteiger partial charge in [0.25, 0.3) is 10.0 Å². The van der Waals surface area contributed by atoms with E-state index in [4.69, 9.17) is 0 Å². The fourth-order valence-electron chi connectivity index (χ4n) is 4.91. The van der Waals surface area contributed by atoms with E-state index < -0.39 is 28.5 Å². The van der Waals surface area contributed by atoms with Gasteiger partial charge >= 0.3 is 0 Å². The van der Waals surface area contributed by atoms with Crippen LogP contribution in [0.4, 0.5) is 5.69 Å². The molecule has 7 nitrogen and oxygen atoms in total. The molecular weight excluding hydrogens is 650 g/mol. The smallest absolute Gasteiger partial charge is 0.264 e. The van der Waals surface area contributed by atoms with Gasteiger partial charge in [0.15, 0.2) is 0 Å². The molecular formula is C36H40BrN3O4S. The Hall–Kier alpha value is -3.95. The number of carbonyl (C=O) groups is 2. The second kappa shape index (κ2) is 15.9. The molecule has 9 heteroatoms. The first-order valence-corrected chi connectivity index (χ1v) is 17.3. The molecule has 2 amide bonds. The minimum absolute atomic E-state index is 0.0762. The molecule has 4 rings (SSSR count). The van der Waals surface area contributed by atoms with E-state index in [2.05, 4.69) is 21.2 Å². The zero-order valence-electron chi connectivity index (χ0n) is 25.9. The van der Waals surface area contributed by atoms with Gasteiger partial charge in [0, 0.05) is 24.0 Å². The Kier molecular flexibility index (Phi) is 12.0. The maximum atomic E-state index is 14.5. The molecule has 236 valence electrons. The summed E-state index contributed by atoms with van der Waals surface area (Å²) in [6.45, 7) is 6.12. The molecule has 0 aromatic heterocycles. The lowest BCUT2D eigenvalue weighted by Gasteiger charge is -2.34. The lowest BCUT2D eigenvalue weighted by atomic mass is 10.0. The van der Waals surface area contributed by atoms with Gasteiger partial charge in [0.05, 0.1) is 10.6 Å². The second-order valence-electron chi connectivity index (χ2n) is 11.3. The summed E-state index contributed by atoms with van der Waals surface area (Å²) < 4.78 is 30.2. The fourth-order valence-corrected chi connectivity index (χ4v) is 6.61. The number of nitrogens with zero attached hydrogens (tertiary/aromatic N) is 2. The van der Waals surface area contributed by atoms with E-state index in [1.54, 1.807) is 30.3 Å². The van der Waals surface area contributed by atoms with Crippen LogP contribution in [-0.2, 0) is 39.0 Å². The number of hydrogen-bond acceptors (Lipinski definition) is 4. The maximum Gasteiger partial charge on any atom is 0.264 e. The van der Waals surface area contributed by atoms with Crippen molar-refractivity contribution in [2.45, 2.75) is 51.1 Å². The van der Waals surface area contributed by atoms with E-state index in [1.807, 2.05) is 87.5 Å². The Bertz CT molecular complexity index is 1650. The Labute approximate surface area is 275 Å². The Morgan fingerprint density at radius 3 is 1.93 bits per heavy atom. The van der Waals surface area contributed by atoms with Crippen LogP contribution < -0.4 is 9.62 Å². The van der Waals surface area contributed by atoms with E-state index in [-0.39, 0.29) is 29.7 Å². The third kappa shape index (κ3) is 9.28. The van der Waals surface area contributed by atoms with Crippen molar-refractivity contribution in [3.8, 4) is 0 Å².